The molecule has 2 rings (SSSR count). The number of methoxy groups -OCH3 is 3. The Hall–Kier alpha value is -2.76. The van der Waals surface area contributed by atoms with E-state index in [1.165, 1.54) is 19.2 Å². The van der Waals surface area contributed by atoms with Crippen molar-refractivity contribution in [3.8, 4) is 17.2 Å². The number of likely N-dealkylation sites (N-methyl/N-ethyl adjacent to an activating group) is 1. The van der Waals surface area contributed by atoms with E-state index in [9.17, 15) is 9.18 Å². The predicted molar refractivity (Wildman–Crippen MR) is 92.7 cm³/mol. The van der Waals surface area contributed by atoms with Gasteiger partial charge in [0.2, 0.25) is 5.91 Å². The molecular formula is C19H22FNO4. The van der Waals surface area contributed by atoms with Crippen LogP contribution in [0.2, 0.25) is 0 Å². The molecule has 0 spiro atoms. The van der Waals surface area contributed by atoms with Gasteiger partial charge in [0.1, 0.15) is 0 Å². The molecule has 2 aromatic carbocycles. The molecule has 0 atom stereocenters. The first-order chi connectivity index (χ1) is 12.0. The van der Waals surface area contributed by atoms with Crippen molar-refractivity contribution in [1.82, 2.24) is 4.90 Å². The van der Waals surface area contributed by atoms with Gasteiger partial charge >= 0.3 is 0 Å². The van der Waals surface area contributed by atoms with Gasteiger partial charge in [0.05, 0.1) is 27.8 Å². The first-order valence-electron chi connectivity index (χ1n) is 7.76. The molecular weight excluding hydrogens is 325 g/mol. The summed E-state index contributed by atoms with van der Waals surface area (Å²) in [5.41, 5.74) is 1.42. The number of ether oxygens (including phenoxy) is 3. The van der Waals surface area contributed by atoms with Crippen LogP contribution in [0.1, 0.15) is 11.1 Å². The molecule has 0 aliphatic rings. The van der Waals surface area contributed by atoms with Crippen molar-refractivity contribution in [1.29, 1.82) is 0 Å². The Morgan fingerprint density at radius 1 is 1.04 bits per heavy atom. The Bertz CT molecular complexity index is 748. The number of rotatable bonds is 7. The summed E-state index contributed by atoms with van der Waals surface area (Å²) in [4.78, 5) is 14.0. The van der Waals surface area contributed by atoms with Crippen LogP contribution in [-0.4, -0.2) is 39.2 Å². The maximum Gasteiger partial charge on any atom is 0.227 e. The van der Waals surface area contributed by atoms with Crippen molar-refractivity contribution in [2.24, 2.45) is 0 Å². The zero-order valence-corrected chi connectivity index (χ0v) is 14.8. The van der Waals surface area contributed by atoms with Gasteiger partial charge < -0.3 is 19.1 Å². The molecule has 1 amide bonds. The Morgan fingerprint density at radius 3 is 2.36 bits per heavy atom. The zero-order valence-electron chi connectivity index (χ0n) is 14.8. The summed E-state index contributed by atoms with van der Waals surface area (Å²) < 4.78 is 29.3. The lowest BCUT2D eigenvalue weighted by Crippen LogP contribution is -2.28. The van der Waals surface area contributed by atoms with E-state index in [2.05, 4.69) is 0 Å². The number of amides is 1. The third-order valence-corrected chi connectivity index (χ3v) is 3.89. The molecule has 134 valence electrons. The number of carbonyl (C=O) groups is 1. The Morgan fingerprint density at radius 2 is 1.76 bits per heavy atom. The van der Waals surface area contributed by atoms with E-state index in [1.807, 2.05) is 12.1 Å². The summed E-state index contributed by atoms with van der Waals surface area (Å²) in [7, 11) is 6.22. The van der Waals surface area contributed by atoms with E-state index in [-0.39, 0.29) is 18.1 Å². The summed E-state index contributed by atoms with van der Waals surface area (Å²) in [6.07, 6.45) is 0.101. The highest BCUT2D eigenvalue weighted by Gasteiger charge is 2.16. The molecule has 6 heteroatoms. The van der Waals surface area contributed by atoms with Crippen LogP contribution in [0.4, 0.5) is 4.39 Å². The van der Waals surface area contributed by atoms with Gasteiger partial charge in [0.15, 0.2) is 23.1 Å². The van der Waals surface area contributed by atoms with E-state index in [4.69, 9.17) is 14.2 Å². The summed E-state index contributed by atoms with van der Waals surface area (Å²) >= 11 is 0. The van der Waals surface area contributed by atoms with Crippen molar-refractivity contribution >= 4 is 5.91 Å². The second kappa shape index (κ2) is 8.37. The minimum atomic E-state index is -0.482. The molecule has 0 saturated carbocycles. The second-order valence-electron chi connectivity index (χ2n) is 5.55. The van der Waals surface area contributed by atoms with Gasteiger partial charge in [-0.05, 0) is 23.8 Å². The average molecular weight is 347 g/mol. The number of nitrogens with zero attached hydrogens (tertiary/aromatic N) is 1. The fourth-order valence-corrected chi connectivity index (χ4v) is 2.55. The number of para-hydroxylation sites is 1. The molecule has 0 fully saturated rings. The first kappa shape index (κ1) is 18.6. The molecule has 0 aromatic heterocycles. The van der Waals surface area contributed by atoms with Gasteiger partial charge in [-0.3, -0.25) is 4.79 Å². The van der Waals surface area contributed by atoms with Crippen molar-refractivity contribution in [3.63, 3.8) is 0 Å². The van der Waals surface area contributed by atoms with Crippen molar-refractivity contribution in [2.75, 3.05) is 28.4 Å². The normalized spacial score (nSPS) is 10.3. The first-order valence-corrected chi connectivity index (χ1v) is 7.76. The molecule has 0 saturated heterocycles. The molecule has 0 aliphatic heterocycles. The minimum absolute atomic E-state index is 0.101. The van der Waals surface area contributed by atoms with Crippen LogP contribution in [0, 0.1) is 5.82 Å². The summed E-state index contributed by atoms with van der Waals surface area (Å²) in [6.45, 7) is 0.359. The quantitative estimate of drug-likeness (QED) is 0.772. The molecule has 0 radical (unpaired) electrons. The maximum absolute atomic E-state index is 13.8. The van der Waals surface area contributed by atoms with Gasteiger partial charge in [-0.25, -0.2) is 4.39 Å². The van der Waals surface area contributed by atoms with E-state index in [0.717, 1.165) is 5.56 Å². The van der Waals surface area contributed by atoms with Gasteiger partial charge in [-0.2, -0.15) is 0 Å². The smallest absolute Gasteiger partial charge is 0.227 e. The van der Waals surface area contributed by atoms with Crippen LogP contribution in [-0.2, 0) is 17.8 Å². The lowest BCUT2D eigenvalue weighted by atomic mass is 10.1. The Labute approximate surface area is 146 Å². The van der Waals surface area contributed by atoms with Gasteiger partial charge in [0, 0.05) is 19.2 Å². The molecule has 0 unspecified atom stereocenters. The third kappa shape index (κ3) is 4.41. The maximum atomic E-state index is 13.8. The zero-order chi connectivity index (χ0) is 18.4. The van der Waals surface area contributed by atoms with Crippen molar-refractivity contribution in [2.45, 2.75) is 13.0 Å². The topological polar surface area (TPSA) is 48.0 Å². The van der Waals surface area contributed by atoms with Gasteiger partial charge in [-0.15, -0.1) is 0 Å². The molecule has 0 N–H and O–H groups in total. The van der Waals surface area contributed by atoms with Crippen LogP contribution in [0.3, 0.4) is 0 Å². The highest BCUT2D eigenvalue weighted by atomic mass is 19.1. The monoisotopic (exact) mass is 347 g/mol. The van der Waals surface area contributed by atoms with E-state index < -0.39 is 5.82 Å². The molecule has 25 heavy (non-hydrogen) atoms. The fraction of sp³-hybridized carbons (Fsp3) is 0.316. The van der Waals surface area contributed by atoms with Crippen LogP contribution in [0.15, 0.2) is 36.4 Å². The number of hydrogen-bond donors (Lipinski definition) is 0. The molecule has 2 aromatic rings. The predicted octanol–water partition coefficient (Wildman–Crippen LogP) is 3.05. The summed E-state index contributed by atoms with van der Waals surface area (Å²) in [6, 6.07) is 10.0. The van der Waals surface area contributed by atoms with Gasteiger partial charge in [-0.1, -0.05) is 18.2 Å². The molecule has 0 bridgehead atoms. The van der Waals surface area contributed by atoms with Crippen LogP contribution >= 0.6 is 0 Å². The third-order valence-electron chi connectivity index (χ3n) is 3.89. The average Bonchev–Trinajstić information content (AvgIpc) is 2.61. The number of benzene rings is 2. The Kier molecular flexibility index (Phi) is 6.22. The van der Waals surface area contributed by atoms with Crippen molar-refractivity contribution < 1.29 is 23.4 Å². The van der Waals surface area contributed by atoms with Crippen LogP contribution in [0.5, 0.6) is 17.2 Å². The molecule has 5 nitrogen and oxygen atoms in total. The van der Waals surface area contributed by atoms with Gasteiger partial charge in [0.25, 0.3) is 0 Å². The standard InChI is InChI=1S/C19H22FNO4/c1-21(12-14-6-5-7-17(24-3)19(14)25-4)18(22)11-13-8-9-16(23-2)15(20)10-13/h5-10H,11-12H2,1-4H3. The van der Waals surface area contributed by atoms with E-state index in [1.54, 1.807) is 38.3 Å². The van der Waals surface area contributed by atoms with Crippen LogP contribution < -0.4 is 14.2 Å². The van der Waals surface area contributed by atoms with Crippen LogP contribution in [0.25, 0.3) is 0 Å². The number of halogens is 1. The van der Waals surface area contributed by atoms with E-state index in [0.29, 0.717) is 23.6 Å². The molecule has 0 heterocycles. The summed E-state index contributed by atoms with van der Waals surface area (Å²) in [5, 5.41) is 0. The lowest BCUT2D eigenvalue weighted by Gasteiger charge is -2.20. The SMILES string of the molecule is COc1ccc(CC(=O)N(C)Cc2cccc(OC)c2OC)cc1F. The highest BCUT2D eigenvalue weighted by Crippen LogP contribution is 2.31. The highest BCUT2D eigenvalue weighted by molar-refractivity contribution is 5.78. The fourth-order valence-electron chi connectivity index (χ4n) is 2.55. The largest absolute Gasteiger partial charge is 0.494 e. The minimum Gasteiger partial charge on any atom is -0.494 e. The summed E-state index contributed by atoms with van der Waals surface area (Å²) in [5.74, 6) is 0.753. The van der Waals surface area contributed by atoms with E-state index >= 15 is 0 Å². The number of hydrogen-bond acceptors (Lipinski definition) is 4. The van der Waals surface area contributed by atoms with Crippen molar-refractivity contribution in [3.05, 3.63) is 53.3 Å². The second-order valence-corrected chi connectivity index (χ2v) is 5.55. The lowest BCUT2D eigenvalue weighted by molar-refractivity contribution is -0.129. The molecule has 0 aliphatic carbocycles. The number of carbonyl (C=O) groups excluding carboxylic acids is 1. The Balaban J connectivity index is 2.09.